The summed E-state index contributed by atoms with van der Waals surface area (Å²) in [5.41, 5.74) is 2.00. The molecule has 6 heteroatoms. The quantitative estimate of drug-likeness (QED) is 0.811. The van der Waals surface area contributed by atoms with Gasteiger partial charge in [-0.2, -0.15) is 0 Å². The largest absolute Gasteiger partial charge is 0.242 e. The lowest BCUT2D eigenvalue weighted by molar-refractivity contribution is 0.581. The molecule has 0 bridgehead atoms. The molecule has 0 radical (unpaired) electrons. The van der Waals surface area contributed by atoms with Crippen LogP contribution in [0.2, 0.25) is 5.02 Å². The van der Waals surface area contributed by atoms with Gasteiger partial charge in [-0.15, -0.1) is 0 Å². The molecule has 3 nitrogen and oxygen atoms in total. The first-order valence-electron chi connectivity index (χ1n) is 5.91. The Morgan fingerprint density at radius 2 is 1.75 bits per heavy atom. The molecular weight excluding hydrogens is 362 g/mol. The van der Waals surface area contributed by atoms with Crippen molar-refractivity contribution in [3.63, 3.8) is 0 Å². The highest BCUT2D eigenvalue weighted by Gasteiger charge is 2.16. The van der Waals surface area contributed by atoms with E-state index < -0.39 is 10.0 Å². The van der Waals surface area contributed by atoms with E-state index in [2.05, 4.69) is 20.7 Å². The monoisotopic (exact) mass is 373 g/mol. The second-order valence-corrected chi connectivity index (χ2v) is 6.91. The van der Waals surface area contributed by atoms with Crippen molar-refractivity contribution >= 4 is 37.6 Å². The average Bonchev–Trinajstić information content (AvgIpc) is 2.46. The molecular formula is C14H13BrClNO2S. The van der Waals surface area contributed by atoms with Crippen LogP contribution in [-0.2, 0) is 21.9 Å². The van der Waals surface area contributed by atoms with Crippen LogP contribution in [-0.4, -0.2) is 8.42 Å². The van der Waals surface area contributed by atoms with Crippen LogP contribution in [0.15, 0.2) is 53.4 Å². The number of benzene rings is 2. The number of halogens is 2. The van der Waals surface area contributed by atoms with Crippen molar-refractivity contribution in [1.82, 2.24) is 4.72 Å². The fourth-order valence-corrected chi connectivity index (χ4v) is 3.63. The Hall–Kier alpha value is -0.880. The predicted octanol–water partition coefficient (Wildman–Crippen LogP) is 3.71. The van der Waals surface area contributed by atoms with Gasteiger partial charge in [-0.05, 0) is 23.3 Å². The topological polar surface area (TPSA) is 46.2 Å². The Balaban J connectivity index is 2.15. The molecule has 0 aromatic heterocycles. The van der Waals surface area contributed by atoms with Crippen molar-refractivity contribution in [2.75, 3.05) is 0 Å². The Kier molecular flexibility index (Phi) is 5.21. The first kappa shape index (κ1) is 15.5. The number of hydrogen-bond donors (Lipinski definition) is 1. The SMILES string of the molecule is O=S(=O)(NCc1cccc(CBr)c1)c1ccccc1Cl. The van der Waals surface area contributed by atoms with Gasteiger partial charge in [-0.25, -0.2) is 13.1 Å². The lowest BCUT2D eigenvalue weighted by atomic mass is 10.1. The Morgan fingerprint density at radius 3 is 2.45 bits per heavy atom. The molecule has 0 aliphatic rings. The zero-order chi connectivity index (χ0) is 14.6. The molecule has 0 aliphatic heterocycles. The van der Waals surface area contributed by atoms with Gasteiger partial charge in [0.1, 0.15) is 4.90 Å². The van der Waals surface area contributed by atoms with Gasteiger partial charge < -0.3 is 0 Å². The number of sulfonamides is 1. The molecule has 2 aromatic carbocycles. The summed E-state index contributed by atoms with van der Waals surface area (Å²) in [6, 6.07) is 14.1. The van der Waals surface area contributed by atoms with Crippen LogP contribution >= 0.6 is 27.5 Å². The van der Waals surface area contributed by atoms with Crippen LogP contribution in [0.1, 0.15) is 11.1 Å². The molecule has 0 amide bonds. The molecule has 0 saturated carbocycles. The minimum atomic E-state index is -3.60. The molecule has 0 spiro atoms. The van der Waals surface area contributed by atoms with Crippen LogP contribution in [0.3, 0.4) is 0 Å². The molecule has 0 heterocycles. The highest BCUT2D eigenvalue weighted by Crippen LogP contribution is 2.20. The maximum Gasteiger partial charge on any atom is 0.242 e. The minimum absolute atomic E-state index is 0.0957. The molecule has 0 unspecified atom stereocenters. The molecule has 2 rings (SSSR count). The average molecular weight is 375 g/mol. The molecule has 0 saturated heterocycles. The Morgan fingerprint density at radius 1 is 1.05 bits per heavy atom. The van der Waals surface area contributed by atoms with Gasteiger partial charge in [0.15, 0.2) is 0 Å². The van der Waals surface area contributed by atoms with Crippen LogP contribution in [0, 0.1) is 0 Å². The standard InChI is InChI=1S/C14H13BrClNO2S/c15-9-11-4-3-5-12(8-11)10-17-20(18,19)14-7-2-1-6-13(14)16/h1-8,17H,9-10H2. The summed E-state index contributed by atoms with van der Waals surface area (Å²) in [7, 11) is -3.60. The van der Waals surface area contributed by atoms with Crippen molar-refractivity contribution in [3.8, 4) is 0 Å². The van der Waals surface area contributed by atoms with Gasteiger partial charge >= 0.3 is 0 Å². The minimum Gasteiger partial charge on any atom is -0.207 e. The van der Waals surface area contributed by atoms with E-state index in [1.54, 1.807) is 18.2 Å². The summed E-state index contributed by atoms with van der Waals surface area (Å²) < 4.78 is 26.9. The van der Waals surface area contributed by atoms with E-state index in [1.165, 1.54) is 6.07 Å². The van der Waals surface area contributed by atoms with E-state index >= 15 is 0 Å². The summed E-state index contributed by atoms with van der Waals surface area (Å²) in [4.78, 5) is 0.0957. The van der Waals surface area contributed by atoms with Gasteiger partial charge in [0.25, 0.3) is 0 Å². The lowest BCUT2D eigenvalue weighted by Gasteiger charge is -2.09. The van der Waals surface area contributed by atoms with Crippen LogP contribution in [0.5, 0.6) is 0 Å². The van der Waals surface area contributed by atoms with Gasteiger partial charge in [-0.3, -0.25) is 0 Å². The maximum absolute atomic E-state index is 12.2. The van der Waals surface area contributed by atoms with Crippen molar-refractivity contribution in [2.24, 2.45) is 0 Å². The molecule has 1 N–H and O–H groups in total. The van der Waals surface area contributed by atoms with E-state index in [1.807, 2.05) is 24.3 Å². The van der Waals surface area contributed by atoms with Crippen molar-refractivity contribution in [3.05, 3.63) is 64.7 Å². The molecule has 0 atom stereocenters. The summed E-state index contributed by atoms with van der Waals surface area (Å²) in [5.74, 6) is 0. The second kappa shape index (κ2) is 6.72. The van der Waals surface area contributed by atoms with Crippen molar-refractivity contribution in [2.45, 2.75) is 16.8 Å². The van der Waals surface area contributed by atoms with Crippen molar-refractivity contribution in [1.29, 1.82) is 0 Å². The summed E-state index contributed by atoms with van der Waals surface area (Å²) >= 11 is 9.29. The predicted molar refractivity (Wildman–Crippen MR) is 84.6 cm³/mol. The molecule has 0 aliphatic carbocycles. The maximum atomic E-state index is 12.2. The van der Waals surface area contributed by atoms with Crippen LogP contribution in [0.25, 0.3) is 0 Å². The number of hydrogen-bond acceptors (Lipinski definition) is 2. The summed E-state index contributed by atoms with van der Waals surface area (Å²) in [5, 5.41) is 0.951. The lowest BCUT2D eigenvalue weighted by Crippen LogP contribution is -2.23. The van der Waals surface area contributed by atoms with E-state index in [0.717, 1.165) is 16.5 Å². The smallest absolute Gasteiger partial charge is 0.207 e. The van der Waals surface area contributed by atoms with Gasteiger partial charge in [-0.1, -0.05) is 63.9 Å². The zero-order valence-electron chi connectivity index (χ0n) is 10.5. The summed E-state index contributed by atoms with van der Waals surface area (Å²) in [6.07, 6.45) is 0. The van der Waals surface area contributed by atoms with E-state index in [0.29, 0.717) is 0 Å². The first-order chi connectivity index (χ1) is 9.53. The highest BCUT2D eigenvalue weighted by atomic mass is 79.9. The zero-order valence-corrected chi connectivity index (χ0v) is 13.7. The van der Waals surface area contributed by atoms with E-state index in [-0.39, 0.29) is 16.5 Å². The molecule has 2 aromatic rings. The first-order valence-corrected chi connectivity index (χ1v) is 8.89. The van der Waals surface area contributed by atoms with E-state index in [4.69, 9.17) is 11.6 Å². The van der Waals surface area contributed by atoms with Gasteiger partial charge in [0.05, 0.1) is 5.02 Å². The van der Waals surface area contributed by atoms with Crippen LogP contribution < -0.4 is 4.72 Å². The highest BCUT2D eigenvalue weighted by molar-refractivity contribution is 9.08. The third kappa shape index (κ3) is 3.82. The van der Waals surface area contributed by atoms with Crippen LogP contribution in [0.4, 0.5) is 0 Å². The number of nitrogens with one attached hydrogen (secondary N) is 1. The third-order valence-corrected chi connectivity index (χ3v) is 5.29. The summed E-state index contributed by atoms with van der Waals surface area (Å²) in [6.45, 7) is 0.231. The number of rotatable bonds is 5. The molecule has 0 fully saturated rings. The van der Waals surface area contributed by atoms with Gasteiger partial charge in [0.2, 0.25) is 10.0 Å². The third-order valence-electron chi connectivity index (χ3n) is 2.74. The fourth-order valence-electron chi connectivity index (χ4n) is 1.74. The Bertz CT molecular complexity index is 704. The second-order valence-electron chi connectivity index (χ2n) is 4.21. The van der Waals surface area contributed by atoms with E-state index in [9.17, 15) is 8.42 Å². The van der Waals surface area contributed by atoms with Gasteiger partial charge in [0, 0.05) is 11.9 Å². The Labute approximate surface area is 132 Å². The van der Waals surface area contributed by atoms with Crippen molar-refractivity contribution < 1.29 is 8.42 Å². The normalized spacial score (nSPS) is 11.5. The molecule has 106 valence electrons. The number of alkyl halides is 1. The fraction of sp³-hybridized carbons (Fsp3) is 0.143. The molecule has 20 heavy (non-hydrogen) atoms.